The Kier molecular flexibility index (Phi) is 21.1. The molecular weight excluding hydrogens is 1140 g/mol. The van der Waals surface area contributed by atoms with Gasteiger partial charge in [-0.25, -0.2) is 0 Å². The van der Waals surface area contributed by atoms with Crippen LogP contribution in [0.1, 0.15) is 176 Å². The van der Waals surface area contributed by atoms with Crippen molar-refractivity contribution in [3.05, 3.63) is 306 Å². The van der Waals surface area contributed by atoms with Crippen LogP contribution in [0.2, 0.25) is 0 Å². The molecule has 3 aliphatic rings. The summed E-state index contributed by atoms with van der Waals surface area (Å²) < 4.78 is 35.7. The fourth-order valence-corrected chi connectivity index (χ4v) is 13.0. The SMILES string of the molecule is C=C1/C(=C/c2ccc(C(OCC)OCC)cc2)c2cc(C)ccc2/C1=C/C=C(\C)c1cc(/C(C)=C/C=C2C(=C\C)\C(=C\c3ccc(C(OCC)OCC)cc3)c3ccc(C)cc3\2)cc(-c2ccc3c(c2)/C(=C/c2ccc(C(OCC)OCC)cc2)c2ccc(C)cc2-3)c1. The summed E-state index contributed by atoms with van der Waals surface area (Å²) >= 11 is 0. The molecule has 0 amide bonds. The van der Waals surface area contributed by atoms with E-state index in [2.05, 4.69) is 254 Å². The average molecular weight is 1230 g/mol. The number of ether oxygens (including phenoxy) is 6. The van der Waals surface area contributed by atoms with Gasteiger partial charge in [0, 0.05) is 56.3 Å². The van der Waals surface area contributed by atoms with Gasteiger partial charge < -0.3 is 28.4 Å². The van der Waals surface area contributed by atoms with Crippen molar-refractivity contribution in [2.45, 2.75) is 102 Å². The van der Waals surface area contributed by atoms with Gasteiger partial charge in [-0.3, -0.25) is 0 Å². The minimum atomic E-state index is -0.402. The summed E-state index contributed by atoms with van der Waals surface area (Å²) in [7, 11) is 0. The molecule has 0 aromatic heterocycles. The Morgan fingerprint density at radius 3 is 1.15 bits per heavy atom. The number of hydrogen-bond donors (Lipinski definition) is 0. The quantitative estimate of drug-likeness (QED) is 0.0595. The molecule has 0 atom stereocenters. The highest BCUT2D eigenvalue weighted by atomic mass is 16.7. The Morgan fingerprint density at radius 2 is 0.710 bits per heavy atom. The van der Waals surface area contributed by atoms with Gasteiger partial charge in [0.15, 0.2) is 18.9 Å². The van der Waals surface area contributed by atoms with Crippen LogP contribution in [0.15, 0.2) is 212 Å². The van der Waals surface area contributed by atoms with E-state index >= 15 is 0 Å². The van der Waals surface area contributed by atoms with Crippen molar-refractivity contribution < 1.29 is 28.4 Å². The minimum Gasteiger partial charge on any atom is -0.349 e. The second-order valence-electron chi connectivity index (χ2n) is 24.1. The Bertz CT molecular complexity index is 4330. The Morgan fingerprint density at radius 1 is 0.344 bits per heavy atom. The van der Waals surface area contributed by atoms with Gasteiger partial charge in [-0.1, -0.05) is 193 Å². The third kappa shape index (κ3) is 14.4. The number of allylic oxidation sites excluding steroid dienone is 13. The van der Waals surface area contributed by atoms with Gasteiger partial charge in [0.1, 0.15) is 0 Å². The summed E-state index contributed by atoms with van der Waals surface area (Å²) in [6.45, 7) is 33.3. The number of rotatable bonds is 23. The molecule has 0 saturated carbocycles. The highest BCUT2D eigenvalue weighted by molar-refractivity contribution is 6.14. The first-order valence-corrected chi connectivity index (χ1v) is 33.2. The van der Waals surface area contributed by atoms with E-state index in [1.165, 1.54) is 83.5 Å². The van der Waals surface area contributed by atoms with Crippen LogP contribution in [0.3, 0.4) is 0 Å². The maximum absolute atomic E-state index is 5.98. The summed E-state index contributed by atoms with van der Waals surface area (Å²) in [5, 5.41) is 0. The predicted molar refractivity (Wildman–Crippen MR) is 391 cm³/mol. The second kappa shape index (κ2) is 29.9. The summed E-state index contributed by atoms with van der Waals surface area (Å²) in [6, 6.07) is 60.2. The van der Waals surface area contributed by atoms with Crippen LogP contribution < -0.4 is 0 Å². The molecule has 0 heterocycles. The van der Waals surface area contributed by atoms with Crippen molar-refractivity contribution in [2.75, 3.05) is 39.6 Å². The van der Waals surface area contributed by atoms with E-state index in [0.717, 1.165) is 83.5 Å². The van der Waals surface area contributed by atoms with E-state index < -0.39 is 18.9 Å². The van der Waals surface area contributed by atoms with Crippen molar-refractivity contribution in [2.24, 2.45) is 0 Å². The number of fused-ring (bicyclic) bond motifs is 5. The smallest absolute Gasteiger partial charge is 0.183 e. The molecular formula is C87H88O6. The fraction of sp³-hybridized carbons (Fsp3) is 0.241. The van der Waals surface area contributed by atoms with E-state index in [-0.39, 0.29) is 0 Å². The molecule has 0 aliphatic heterocycles. The first kappa shape index (κ1) is 65.7. The van der Waals surface area contributed by atoms with Crippen molar-refractivity contribution in [1.29, 1.82) is 0 Å². The standard InChI is InChI=1S/C87H88O6/c1-14-71-73(79-45-55(8)22-40-75(79)82(71)49-62-28-34-65(35-29-62)86(90-17-4)91-18-5)43-25-59(12)69-51-68(58(11)24-42-72-60(13)78(81-47-57(10)21-39-74(72)81)48-61-26-32-64(33-27-61)85(88-15-2)89-16-3)52-70(53-69)67-38-44-77-80-46-56(9)23-41-76(80)83(84(77)54-67)50-63-30-36-66(37-31-63)87(92-19-6)93-20-7/h14,21-54,85-87H,13,15-20H2,1-12H3/b58-24+,59-25+,71-14-,72-42+,73-43+,78-48-,82-49-,83-50+. The molecule has 0 saturated heterocycles. The van der Waals surface area contributed by atoms with Gasteiger partial charge in [0.05, 0.1) is 0 Å². The molecule has 0 bridgehead atoms. The normalized spacial score (nSPS) is 16.4. The van der Waals surface area contributed by atoms with Crippen LogP contribution in [0.25, 0.3) is 79.5 Å². The molecule has 0 spiro atoms. The topological polar surface area (TPSA) is 55.4 Å². The molecule has 0 radical (unpaired) electrons. The van der Waals surface area contributed by atoms with E-state index in [9.17, 15) is 0 Å². The van der Waals surface area contributed by atoms with Crippen molar-refractivity contribution in [3.8, 4) is 22.3 Å². The molecule has 93 heavy (non-hydrogen) atoms. The molecule has 6 heteroatoms. The molecule has 8 aromatic rings. The minimum absolute atomic E-state index is 0.391. The van der Waals surface area contributed by atoms with Gasteiger partial charge in [0.2, 0.25) is 0 Å². The zero-order valence-electron chi connectivity index (χ0n) is 56.3. The van der Waals surface area contributed by atoms with E-state index in [1.54, 1.807) is 0 Å². The number of aryl methyl sites for hydroxylation is 3. The van der Waals surface area contributed by atoms with Gasteiger partial charge in [-0.05, 0) is 259 Å². The van der Waals surface area contributed by atoms with Crippen LogP contribution in [0.4, 0.5) is 0 Å². The van der Waals surface area contributed by atoms with Gasteiger partial charge >= 0.3 is 0 Å². The lowest BCUT2D eigenvalue weighted by Gasteiger charge is -2.17. The molecule has 6 nitrogen and oxygen atoms in total. The molecule has 0 unspecified atom stereocenters. The third-order valence-electron chi connectivity index (χ3n) is 17.7. The maximum Gasteiger partial charge on any atom is 0.183 e. The molecule has 8 aromatic carbocycles. The second-order valence-corrected chi connectivity index (χ2v) is 24.1. The van der Waals surface area contributed by atoms with Crippen LogP contribution >= 0.6 is 0 Å². The number of hydrogen-bond acceptors (Lipinski definition) is 6. The van der Waals surface area contributed by atoms with E-state index in [4.69, 9.17) is 35.0 Å². The van der Waals surface area contributed by atoms with Crippen molar-refractivity contribution in [3.63, 3.8) is 0 Å². The lowest BCUT2D eigenvalue weighted by atomic mass is 9.91. The summed E-state index contributed by atoms with van der Waals surface area (Å²) in [4.78, 5) is 0. The summed E-state index contributed by atoms with van der Waals surface area (Å²) in [5.41, 5.74) is 34.6. The van der Waals surface area contributed by atoms with E-state index in [1.807, 2.05) is 41.5 Å². The zero-order valence-corrected chi connectivity index (χ0v) is 56.3. The van der Waals surface area contributed by atoms with Crippen molar-refractivity contribution in [1.82, 2.24) is 0 Å². The lowest BCUT2D eigenvalue weighted by Crippen LogP contribution is -2.08. The van der Waals surface area contributed by atoms with Gasteiger partial charge in [0.25, 0.3) is 0 Å². The Labute approximate surface area is 553 Å². The molecule has 472 valence electrons. The first-order chi connectivity index (χ1) is 45.2. The average Bonchev–Trinajstić information content (AvgIpc) is 1.63. The Hall–Kier alpha value is -8.82. The maximum atomic E-state index is 5.98. The zero-order chi connectivity index (χ0) is 65.3. The highest BCUT2D eigenvalue weighted by Crippen LogP contribution is 2.50. The van der Waals surface area contributed by atoms with Crippen LogP contribution in [-0.2, 0) is 28.4 Å². The first-order valence-electron chi connectivity index (χ1n) is 33.2. The Balaban J connectivity index is 1.01. The van der Waals surface area contributed by atoms with Gasteiger partial charge in [-0.2, -0.15) is 0 Å². The van der Waals surface area contributed by atoms with Gasteiger partial charge in [-0.15, -0.1) is 0 Å². The van der Waals surface area contributed by atoms with Crippen LogP contribution in [0.5, 0.6) is 0 Å². The van der Waals surface area contributed by atoms with Crippen LogP contribution in [-0.4, -0.2) is 39.6 Å². The highest BCUT2D eigenvalue weighted by Gasteiger charge is 2.29. The number of benzene rings is 8. The fourth-order valence-electron chi connectivity index (χ4n) is 13.0. The lowest BCUT2D eigenvalue weighted by molar-refractivity contribution is -0.140. The molecule has 0 N–H and O–H groups in total. The predicted octanol–water partition coefficient (Wildman–Crippen LogP) is 22.6. The van der Waals surface area contributed by atoms with E-state index in [0.29, 0.717) is 39.6 Å². The van der Waals surface area contributed by atoms with Crippen molar-refractivity contribution >= 4 is 57.2 Å². The van der Waals surface area contributed by atoms with Crippen LogP contribution in [0, 0.1) is 20.8 Å². The third-order valence-corrected chi connectivity index (χ3v) is 17.7. The summed E-state index contributed by atoms with van der Waals surface area (Å²) in [5.74, 6) is 0. The largest absolute Gasteiger partial charge is 0.349 e. The molecule has 11 rings (SSSR count). The molecule has 3 aliphatic carbocycles. The molecule has 0 fully saturated rings. The monoisotopic (exact) mass is 1230 g/mol. The summed E-state index contributed by atoms with van der Waals surface area (Å²) in [6.07, 6.45) is 17.2.